The number of methoxy groups -OCH3 is 1. The van der Waals surface area contributed by atoms with Gasteiger partial charge in [-0.1, -0.05) is 35.5 Å². The maximum Gasteiger partial charge on any atom is 0.255 e. The van der Waals surface area contributed by atoms with Crippen molar-refractivity contribution in [2.24, 2.45) is 4.99 Å². The van der Waals surface area contributed by atoms with Crippen LogP contribution in [0.25, 0.3) is 0 Å². The quantitative estimate of drug-likeness (QED) is 0.568. The predicted molar refractivity (Wildman–Crippen MR) is 145 cm³/mol. The monoisotopic (exact) mass is 538 g/mol. The molecule has 1 saturated heterocycles. The van der Waals surface area contributed by atoms with Crippen molar-refractivity contribution in [1.29, 1.82) is 0 Å². The number of morpholine rings is 1. The Kier molecular flexibility index (Phi) is 7.55. The molecule has 0 aromatic heterocycles. The molecular weight excluding hydrogens is 512 g/mol. The minimum Gasteiger partial charge on any atom is -0.497 e. The topological polar surface area (TPSA) is 83.5 Å². The lowest BCUT2D eigenvalue weighted by Crippen LogP contribution is -2.42. The molecule has 5 rings (SSSR count). The Balaban J connectivity index is 1.48. The number of thioether (sulfide) groups is 1. The van der Waals surface area contributed by atoms with Crippen LogP contribution in [-0.4, -0.2) is 60.2 Å². The number of anilines is 1. The smallest absolute Gasteiger partial charge is 0.255 e. The minimum atomic E-state index is -0.497. The Hall–Kier alpha value is -3.27. The fourth-order valence-corrected chi connectivity index (χ4v) is 5.77. The molecule has 0 aliphatic carbocycles. The van der Waals surface area contributed by atoms with Crippen LogP contribution < -0.4 is 10.1 Å². The van der Waals surface area contributed by atoms with E-state index in [0.717, 1.165) is 16.4 Å². The van der Waals surface area contributed by atoms with Crippen molar-refractivity contribution in [3.8, 4) is 5.75 Å². The predicted octanol–water partition coefficient (Wildman–Crippen LogP) is 4.81. The highest BCUT2D eigenvalue weighted by atomic mass is 35.5. The highest BCUT2D eigenvalue weighted by Crippen LogP contribution is 2.45. The van der Waals surface area contributed by atoms with Crippen LogP contribution in [-0.2, 0) is 14.3 Å². The van der Waals surface area contributed by atoms with Crippen molar-refractivity contribution in [1.82, 2.24) is 9.80 Å². The Labute approximate surface area is 225 Å². The summed E-state index contributed by atoms with van der Waals surface area (Å²) < 4.78 is 10.6. The maximum atomic E-state index is 13.7. The Morgan fingerprint density at radius 2 is 1.95 bits per heavy atom. The number of carbonyl (C=O) groups is 2. The first-order chi connectivity index (χ1) is 17.9. The zero-order valence-corrected chi connectivity index (χ0v) is 22.1. The van der Waals surface area contributed by atoms with Gasteiger partial charge in [-0.25, -0.2) is 4.99 Å². The van der Waals surface area contributed by atoms with E-state index in [4.69, 9.17) is 26.1 Å². The van der Waals surface area contributed by atoms with Gasteiger partial charge in [0, 0.05) is 29.5 Å². The molecule has 1 fully saturated rings. The van der Waals surface area contributed by atoms with Gasteiger partial charge in [-0.05, 0) is 54.3 Å². The van der Waals surface area contributed by atoms with Crippen molar-refractivity contribution in [3.63, 3.8) is 0 Å². The number of hydrogen-bond acceptors (Lipinski definition) is 7. The number of rotatable bonds is 6. The fourth-order valence-electron chi connectivity index (χ4n) is 4.60. The van der Waals surface area contributed by atoms with E-state index in [1.165, 1.54) is 11.8 Å². The molecule has 0 bridgehead atoms. The zero-order chi connectivity index (χ0) is 25.9. The first-order valence-corrected chi connectivity index (χ1v) is 13.2. The standard InChI is InChI=1S/C27H27ClN4O4S/c1-17-24(26(34)30-20-6-8-22(35-2)9-7-20)25(18-4-3-5-19(28)14-18)32-21(16-37-27(32)29-17)15-23(33)31-10-12-36-13-11-31/h3-9,14,16,25H,10-13,15H2,1-2H3,(H,30,34). The second-order valence-corrected chi connectivity index (χ2v) is 10.1. The number of halogens is 1. The van der Waals surface area contributed by atoms with Crippen LogP contribution in [0.3, 0.4) is 0 Å². The molecule has 2 amide bonds. The molecule has 0 radical (unpaired) electrons. The SMILES string of the molecule is COc1ccc(NC(=O)C2=C(C)N=C3SC=C(CC(=O)N4CCOCC4)N3C2c2cccc(Cl)c2)cc1. The number of nitrogens with one attached hydrogen (secondary N) is 1. The van der Waals surface area contributed by atoms with Gasteiger partial charge in [0.1, 0.15) is 5.75 Å². The average Bonchev–Trinajstić information content (AvgIpc) is 3.30. The molecule has 1 unspecified atom stereocenters. The average molecular weight is 539 g/mol. The van der Waals surface area contributed by atoms with E-state index >= 15 is 0 Å². The van der Waals surface area contributed by atoms with Gasteiger partial charge >= 0.3 is 0 Å². The van der Waals surface area contributed by atoms with Crippen molar-refractivity contribution >= 4 is 46.0 Å². The summed E-state index contributed by atoms with van der Waals surface area (Å²) in [5.74, 6) is 0.453. The maximum absolute atomic E-state index is 13.7. The molecule has 0 saturated carbocycles. The van der Waals surface area contributed by atoms with Crippen LogP contribution in [0, 0.1) is 0 Å². The summed E-state index contributed by atoms with van der Waals surface area (Å²) in [4.78, 5) is 35.4. The fraction of sp³-hybridized carbons (Fsp3) is 0.296. The molecule has 10 heteroatoms. The van der Waals surface area contributed by atoms with Gasteiger partial charge in [0.05, 0.1) is 44.1 Å². The largest absolute Gasteiger partial charge is 0.497 e. The first-order valence-electron chi connectivity index (χ1n) is 12.0. The number of allylic oxidation sites excluding steroid dienone is 1. The molecule has 1 N–H and O–H groups in total. The Bertz CT molecular complexity index is 1300. The molecule has 8 nitrogen and oxygen atoms in total. The van der Waals surface area contributed by atoms with Crippen LogP contribution in [0.2, 0.25) is 5.02 Å². The number of carbonyl (C=O) groups excluding carboxylic acids is 2. The normalized spacial score (nSPS) is 19.3. The minimum absolute atomic E-state index is 0.0248. The van der Waals surface area contributed by atoms with Gasteiger partial charge < -0.3 is 24.6 Å². The van der Waals surface area contributed by atoms with Gasteiger partial charge in [-0.3, -0.25) is 9.59 Å². The molecule has 2 aromatic rings. The van der Waals surface area contributed by atoms with Crippen LogP contribution in [0.4, 0.5) is 5.69 Å². The molecule has 3 heterocycles. The molecule has 0 spiro atoms. The summed E-state index contributed by atoms with van der Waals surface area (Å²) >= 11 is 7.84. The van der Waals surface area contributed by atoms with Crippen molar-refractivity contribution in [3.05, 3.63) is 81.5 Å². The van der Waals surface area contributed by atoms with Crippen LogP contribution in [0.5, 0.6) is 5.75 Å². The second kappa shape index (κ2) is 11.0. The molecule has 2 aromatic carbocycles. The number of ether oxygens (including phenoxy) is 2. The summed E-state index contributed by atoms with van der Waals surface area (Å²) in [6.45, 7) is 4.07. The molecule has 37 heavy (non-hydrogen) atoms. The number of aliphatic imine (C=N–C) groups is 1. The molecule has 3 aliphatic rings. The Morgan fingerprint density at radius 3 is 2.65 bits per heavy atom. The summed E-state index contributed by atoms with van der Waals surface area (Å²) in [7, 11) is 1.60. The van der Waals surface area contributed by atoms with Gasteiger partial charge in [0.15, 0.2) is 5.17 Å². The number of nitrogens with zero attached hydrogens (tertiary/aromatic N) is 3. The van der Waals surface area contributed by atoms with E-state index in [-0.39, 0.29) is 18.2 Å². The molecule has 3 aliphatic heterocycles. The van der Waals surface area contributed by atoms with Gasteiger partial charge in [-0.15, -0.1) is 0 Å². The van der Waals surface area contributed by atoms with Crippen LogP contribution in [0.1, 0.15) is 24.9 Å². The van der Waals surface area contributed by atoms with Crippen LogP contribution in [0.15, 0.2) is 75.9 Å². The number of fused-ring (bicyclic) bond motifs is 1. The number of amidine groups is 1. The lowest BCUT2D eigenvalue weighted by Gasteiger charge is -2.37. The lowest BCUT2D eigenvalue weighted by molar-refractivity contribution is -0.134. The van der Waals surface area contributed by atoms with Crippen LogP contribution >= 0.6 is 23.4 Å². The number of hydrogen-bond donors (Lipinski definition) is 1. The van der Waals surface area contributed by atoms with Crippen molar-refractivity contribution < 1.29 is 19.1 Å². The van der Waals surface area contributed by atoms with Crippen molar-refractivity contribution in [2.45, 2.75) is 19.4 Å². The zero-order valence-electron chi connectivity index (χ0n) is 20.6. The van der Waals surface area contributed by atoms with E-state index in [2.05, 4.69) is 5.32 Å². The number of benzene rings is 2. The van der Waals surface area contributed by atoms with E-state index in [9.17, 15) is 9.59 Å². The highest BCUT2D eigenvalue weighted by molar-refractivity contribution is 8.16. The summed E-state index contributed by atoms with van der Waals surface area (Å²) in [5.41, 5.74) is 3.39. The third kappa shape index (κ3) is 5.39. The highest BCUT2D eigenvalue weighted by Gasteiger charge is 2.41. The summed E-state index contributed by atoms with van der Waals surface area (Å²) in [6, 6.07) is 14.1. The number of amides is 2. The van der Waals surface area contributed by atoms with E-state index in [0.29, 0.717) is 54.0 Å². The molecular formula is C27H27ClN4O4S. The lowest BCUT2D eigenvalue weighted by atomic mass is 9.93. The van der Waals surface area contributed by atoms with Gasteiger partial charge in [-0.2, -0.15) is 0 Å². The Morgan fingerprint density at radius 1 is 1.19 bits per heavy atom. The van der Waals surface area contributed by atoms with Crippen molar-refractivity contribution in [2.75, 3.05) is 38.7 Å². The van der Waals surface area contributed by atoms with E-state index < -0.39 is 6.04 Å². The van der Waals surface area contributed by atoms with Gasteiger partial charge in [0.25, 0.3) is 5.91 Å². The van der Waals surface area contributed by atoms with Gasteiger partial charge in [0.2, 0.25) is 5.91 Å². The third-order valence-corrected chi connectivity index (χ3v) is 7.58. The first kappa shape index (κ1) is 25.4. The summed E-state index contributed by atoms with van der Waals surface area (Å²) in [5, 5.41) is 6.24. The summed E-state index contributed by atoms with van der Waals surface area (Å²) in [6.07, 6.45) is 0.204. The van der Waals surface area contributed by atoms with E-state index in [1.54, 1.807) is 37.4 Å². The third-order valence-electron chi connectivity index (χ3n) is 6.45. The molecule has 192 valence electrons. The molecule has 1 atom stereocenters. The second-order valence-electron chi connectivity index (χ2n) is 8.80. The van der Waals surface area contributed by atoms with E-state index in [1.807, 2.05) is 40.3 Å².